The molecule has 0 aromatic carbocycles. The van der Waals surface area contributed by atoms with E-state index < -0.39 is 0 Å². The van der Waals surface area contributed by atoms with Crippen molar-refractivity contribution in [3.05, 3.63) is 0 Å². The molecule has 3 heteroatoms. The summed E-state index contributed by atoms with van der Waals surface area (Å²) in [5.74, 6) is 0. The monoisotopic (exact) mass is 228 g/mol. The van der Waals surface area contributed by atoms with Gasteiger partial charge in [0.25, 0.3) is 0 Å². The summed E-state index contributed by atoms with van der Waals surface area (Å²) >= 11 is 5.60. The third kappa shape index (κ3) is 2.83. The summed E-state index contributed by atoms with van der Waals surface area (Å²) < 4.78 is 0. The summed E-state index contributed by atoms with van der Waals surface area (Å²) in [4.78, 5) is 4.69. The number of thiocarbonyl (C=S) groups is 1. The van der Waals surface area contributed by atoms with Crippen LogP contribution in [0.15, 0.2) is 0 Å². The van der Waals surface area contributed by atoms with Crippen LogP contribution in [0.25, 0.3) is 0 Å². The Morgan fingerprint density at radius 3 is 1.47 bits per heavy atom. The lowest BCUT2D eigenvalue weighted by atomic mass is 10.0. The lowest BCUT2D eigenvalue weighted by Crippen LogP contribution is -2.60. The molecule has 0 amide bonds. The highest BCUT2D eigenvalue weighted by atomic mass is 32.1. The first-order valence-electron chi connectivity index (χ1n) is 5.73. The first-order chi connectivity index (χ1) is 6.64. The molecule has 0 spiro atoms. The molecule has 15 heavy (non-hydrogen) atoms. The van der Waals surface area contributed by atoms with E-state index in [1.165, 1.54) is 6.42 Å². The Balaban J connectivity index is 2.86. The fourth-order valence-electron chi connectivity index (χ4n) is 1.97. The number of rotatable bonds is 0. The van der Waals surface area contributed by atoms with E-state index in [1.54, 1.807) is 0 Å². The molecule has 0 unspecified atom stereocenters. The molecule has 0 aromatic heterocycles. The van der Waals surface area contributed by atoms with Gasteiger partial charge in [0.15, 0.2) is 5.11 Å². The fourth-order valence-corrected chi connectivity index (χ4v) is 2.70. The zero-order chi connectivity index (χ0) is 11.9. The van der Waals surface area contributed by atoms with Gasteiger partial charge in [-0.25, -0.2) is 0 Å². The molecular formula is C12H24N2S. The zero-order valence-electron chi connectivity index (χ0n) is 10.9. The first kappa shape index (κ1) is 12.8. The highest BCUT2D eigenvalue weighted by Crippen LogP contribution is 2.25. The maximum atomic E-state index is 5.60. The average molecular weight is 228 g/mol. The molecule has 88 valence electrons. The van der Waals surface area contributed by atoms with Crippen LogP contribution in [0.1, 0.15) is 48.0 Å². The zero-order valence-corrected chi connectivity index (χ0v) is 11.7. The summed E-state index contributed by atoms with van der Waals surface area (Å²) in [5.41, 5.74) is 0.280. The van der Waals surface area contributed by atoms with Crippen LogP contribution in [-0.4, -0.2) is 39.1 Å². The maximum Gasteiger partial charge on any atom is 0.172 e. The van der Waals surface area contributed by atoms with Crippen LogP contribution in [0.5, 0.6) is 0 Å². The SMILES string of the molecule is CC(C)(C)N1CCCN(C(C)(C)C)C1=S. The summed E-state index contributed by atoms with van der Waals surface area (Å²) in [6, 6.07) is 0. The molecule has 1 aliphatic rings. The van der Waals surface area contributed by atoms with Crippen LogP contribution in [-0.2, 0) is 0 Å². The molecule has 0 N–H and O–H groups in total. The van der Waals surface area contributed by atoms with Gasteiger partial charge < -0.3 is 9.80 Å². The standard InChI is InChI=1S/C12H24N2S/c1-11(2,3)13-8-7-9-14(10(13)15)12(4,5)6/h7-9H2,1-6H3. The molecule has 0 atom stereocenters. The van der Waals surface area contributed by atoms with Crippen molar-refractivity contribution >= 4 is 17.3 Å². The van der Waals surface area contributed by atoms with Crippen molar-refractivity contribution in [1.29, 1.82) is 0 Å². The Labute approximate surface area is 99.6 Å². The first-order valence-corrected chi connectivity index (χ1v) is 6.14. The smallest absolute Gasteiger partial charge is 0.172 e. The van der Waals surface area contributed by atoms with Crippen LogP contribution < -0.4 is 0 Å². The van der Waals surface area contributed by atoms with E-state index >= 15 is 0 Å². The summed E-state index contributed by atoms with van der Waals surface area (Å²) in [7, 11) is 0. The topological polar surface area (TPSA) is 6.48 Å². The second-order valence-electron chi connectivity index (χ2n) is 6.28. The van der Waals surface area contributed by atoms with Crippen molar-refractivity contribution in [1.82, 2.24) is 9.80 Å². The molecule has 1 rings (SSSR count). The Kier molecular flexibility index (Phi) is 3.34. The van der Waals surface area contributed by atoms with Crippen LogP contribution in [0.4, 0.5) is 0 Å². The van der Waals surface area contributed by atoms with Gasteiger partial charge in [-0.2, -0.15) is 0 Å². The van der Waals surface area contributed by atoms with E-state index in [4.69, 9.17) is 12.2 Å². The van der Waals surface area contributed by atoms with E-state index in [9.17, 15) is 0 Å². The van der Waals surface area contributed by atoms with E-state index in [0.29, 0.717) is 0 Å². The van der Waals surface area contributed by atoms with Crippen LogP contribution >= 0.6 is 12.2 Å². The van der Waals surface area contributed by atoms with Crippen molar-refractivity contribution in [3.63, 3.8) is 0 Å². The van der Waals surface area contributed by atoms with Crippen molar-refractivity contribution in [2.24, 2.45) is 0 Å². The minimum absolute atomic E-state index is 0.140. The van der Waals surface area contributed by atoms with E-state index in [0.717, 1.165) is 18.2 Å². The Hall–Kier alpha value is -0.310. The third-order valence-corrected chi connectivity index (χ3v) is 3.29. The number of hydrogen-bond donors (Lipinski definition) is 0. The molecule has 2 nitrogen and oxygen atoms in total. The summed E-state index contributed by atoms with van der Waals surface area (Å²) in [6.45, 7) is 15.6. The van der Waals surface area contributed by atoms with Crippen LogP contribution in [0, 0.1) is 0 Å². The van der Waals surface area contributed by atoms with E-state index in [1.807, 2.05) is 0 Å². The van der Waals surface area contributed by atoms with Gasteiger partial charge in [0.2, 0.25) is 0 Å². The van der Waals surface area contributed by atoms with Crippen molar-refractivity contribution < 1.29 is 0 Å². The van der Waals surface area contributed by atoms with E-state index in [-0.39, 0.29) is 11.1 Å². The van der Waals surface area contributed by atoms with Gasteiger partial charge in [-0.1, -0.05) is 0 Å². The fraction of sp³-hybridized carbons (Fsp3) is 0.917. The van der Waals surface area contributed by atoms with Gasteiger partial charge in [0.05, 0.1) is 0 Å². The molecule has 0 aliphatic carbocycles. The molecule has 1 saturated heterocycles. The Morgan fingerprint density at radius 1 is 0.867 bits per heavy atom. The lowest BCUT2D eigenvalue weighted by molar-refractivity contribution is 0.125. The van der Waals surface area contributed by atoms with Crippen molar-refractivity contribution in [2.75, 3.05) is 13.1 Å². The Bertz CT molecular complexity index is 223. The third-order valence-electron chi connectivity index (χ3n) is 2.84. The number of hydrogen-bond acceptors (Lipinski definition) is 1. The van der Waals surface area contributed by atoms with Gasteiger partial charge >= 0.3 is 0 Å². The van der Waals surface area contributed by atoms with Crippen molar-refractivity contribution in [3.8, 4) is 0 Å². The molecule has 0 saturated carbocycles. The van der Waals surface area contributed by atoms with Crippen LogP contribution in [0.2, 0.25) is 0 Å². The second kappa shape index (κ2) is 3.93. The van der Waals surface area contributed by atoms with Crippen LogP contribution in [0.3, 0.4) is 0 Å². The lowest BCUT2D eigenvalue weighted by Gasteiger charge is -2.50. The molecular weight excluding hydrogens is 204 g/mol. The molecule has 1 aliphatic heterocycles. The molecule has 1 heterocycles. The van der Waals surface area contributed by atoms with Gasteiger partial charge in [-0.3, -0.25) is 0 Å². The highest BCUT2D eigenvalue weighted by Gasteiger charge is 2.34. The minimum Gasteiger partial charge on any atom is -0.344 e. The molecule has 0 bridgehead atoms. The van der Waals surface area contributed by atoms with Crippen molar-refractivity contribution in [2.45, 2.75) is 59.0 Å². The highest BCUT2D eigenvalue weighted by molar-refractivity contribution is 7.80. The normalized spacial score (nSPS) is 19.7. The van der Waals surface area contributed by atoms with Gasteiger partial charge in [0, 0.05) is 24.2 Å². The number of nitrogens with zero attached hydrogens (tertiary/aromatic N) is 2. The van der Waals surface area contributed by atoms with E-state index in [2.05, 4.69) is 51.3 Å². The summed E-state index contributed by atoms with van der Waals surface area (Å²) in [5, 5.41) is 1.02. The minimum atomic E-state index is 0.140. The largest absolute Gasteiger partial charge is 0.344 e. The second-order valence-corrected chi connectivity index (χ2v) is 6.65. The molecule has 0 radical (unpaired) electrons. The van der Waals surface area contributed by atoms with Gasteiger partial charge in [-0.15, -0.1) is 0 Å². The van der Waals surface area contributed by atoms with Gasteiger partial charge in [0.1, 0.15) is 0 Å². The predicted molar refractivity (Wildman–Crippen MR) is 70.1 cm³/mol. The predicted octanol–water partition coefficient (Wildman–Crippen LogP) is 2.88. The summed E-state index contributed by atoms with van der Waals surface area (Å²) in [6.07, 6.45) is 1.20. The maximum absolute atomic E-state index is 5.60. The molecule has 1 fully saturated rings. The van der Waals surface area contributed by atoms with Gasteiger partial charge in [-0.05, 0) is 60.2 Å². The average Bonchev–Trinajstić information content (AvgIpc) is 1.99. The Morgan fingerprint density at radius 2 is 1.20 bits per heavy atom. The quantitative estimate of drug-likeness (QED) is 0.589. The molecule has 0 aromatic rings.